The minimum absolute atomic E-state index is 0.0401. The minimum atomic E-state index is -0.874. The molecule has 1 aromatic heterocycles. The van der Waals surface area contributed by atoms with Gasteiger partial charge in [0.05, 0.1) is 18.9 Å². The fourth-order valence-electron chi connectivity index (χ4n) is 1.82. The number of carbonyl (C=O) groups is 1. The molecule has 2 aromatic rings. The van der Waals surface area contributed by atoms with Crippen molar-refractivity contribution in [2.24, 2.45) is 0 Å². The highest BCUT2D eigenvalue weighted by atomic mass is 32.2. The molecule has 2 rings (SSSR count). The number of rotatable bonds is 8. The zero-order valence-electron chi connectivity index (χ0n) is 11.7. The Morgan fingerprint density at radius 1 is 1.33 bits per heavy atom. The smallest absolute Gasteiger partial charge is 0.313 e. The van der Waals surface area contributed by atoms with Gasteiger partial charge in [0, 0.05) is 12.2 Å². The SMILES string of the molecule is CCOCCn1c(SCC(=O)O)nnc1-c1ccccc1. The van der Waals surface area contributed by atoms with Crippen LogP contribution < -0.4 is 0 Å². The first kappa shape index (κ1) is 15.5. The van der Waals surface area contributed by atoms with Gasteiger partial charge in [-0.3, -0.25) is 9.36 Å². The van der Waals surface area contributed by atoms with E-state index in [1.54, 1.807) is 0 Å². The van der Waals surface area contributed by atoms with Gasteiger partial charge in [0.25, 0.3) is 0 Å². The highest BCUT2D eigenvalue weighted by Gasteiger charge is 2.15. The lowest BCUT2D eigenvalue weighted by Crippen LogP contribution is -2.09. The summed E-state index contributed by atoms with van der Waals surface area (Å²) in [6.45, 7) is 3.70. The molecule has 1 heterocycles. The van der Waals surface area contributed by atoms with Gasteiger partial charge in [-0.2, -0.15) is 0 Å². The van der Waals surface area contributed by atoms with Crippen LogP contribution in [0.2, 0.25) is 0 Å². The highest BCUT2D eigenvalue weighted by molar-refractivity contribution is 7.99. The molecule has 0 fully saturated rings. The van der Waals surface area contributed by atoms with Crippen LogP contribution in [0.15, 0.2) is 35.5 Å². The van der Waals surface area contributed by atoms with Crippen LogP contribution in [0.4, 0.5) is 0 Å². The van der Waals surface area contributed by atoms with Gasteiger partial charge >= 0.3 is 5.97 Å². The highest BCUT2D eigenvalue weighted by Crippen LogP contribution is 2.23. The summed E-state index contributed by atoms with van der Waals surface area (Å²) in [5.41, 5.74) is 0.948. The molecule has 1 N–H and O–H groups in total. The maximum atomic E-state index is 10.7. The molecule has 112 valence electrons. The summed E-state index contributed by atoms with van der Waals surface area (Å²) in [5, 5.41) is 17.7. The van der Waals surface area contributed by atoms with Gasteiger partial charge < -0.3 is 9.84 Å². The van der Waals surface area contributed by atoms with E-state index < -0.39 is 5.97 Å². The van der Waals surface area contributed by atoms with Crippen molar-refractivity contribution in [3.8, 4) is 11.4 Å². The molecule has 0 aliphatic heterocycles. The van der Waals surface area contributed by atoms with E-state index in [1.165, 1.54) is 0 Å². The van der Waals surface area contributed by atoms with E-state index in [-0.39, 0.29) is 5.75 Å². The largest absolute Gasteiger partial charge is 0.481 e. The molecule has 0 aliphatic carbocycles. The van der Waals surface area contributed by atoms with Crippen molar-refractivity contribution in [1.82, 2.24) is 14.8 Å². The number of aliphatic carboxylic acids is 1. The van der Waals surface area contributed by atoms with Crippen molar-refractivity contribution >= 4 is 17.7 Å². The number of thioether (sulfide) groups is 1. The Morgan fingerprint density at radius 3 is 2.76 bits per heavy atom. The molecule has 0 aliphatic rings. The Morgan fingerprint density at radius 2 is 2.10 bits per heavy atom. The van der Waals surface area contributed by atoms with Gasteiger partial charge in [0.15, 0.2) is 11.0 Å². The summed E-state index contributed by atoms with van der Waals surface area (Å²) in [7, 11) is 0. The van der Waals surface area contributed by atoms with Gasteiger partial charge in [-0.05, 0) is 6.92 Å². The lowest BCUT2D eigenvalue weighted by molar-refractivity contribution is -0.133. The first-order valence-electron chi connectivity index (χ1n) is 6.63. The molecule has 6 nitrogen and oxygen atoms in total. The van der Waals surface area contributed by atoms with Crippen molar-refractivity contribution in [2.45, 2.75) is 18.6 Å². The number of nitrogens with zero attached hydrogens (tertiary/aromatic N) is 3. The van der Waals surface area contributed by atoms with Crippen molar-refractivity contribution in [1.29, 1.82) is 0 Å². The Hall–Kier alpha value is -1.86. The zero-order valence-corrected chi connectivity index (χ0v) is 12.5. The average molecular weight is 307 g/mol. The molecular weight excluding hydrogens is 290 g/mol. The lowest BCUT2D eigenvalue weighted by atomic mass is 10.2. The van der Waals surface area contributed by atoms with E-state index >= 15 is 0 Å². The number of carboxylic acids is 1. The van der Waals surface area contributed by atoms with Crippen LogP contribution in [0.3, 0.4) is 0 Å². The van der Waals surface area contributed by atoms with Crippen molar-refractivity contribution in [2.75, 3.05) is 19.0 Å². The Kier molecular flexibility index (Phi) is 5.77. The first-order valence-corrected chi connectivity index (χ1v) is 7.62. The summed E-state index contributed by atoms with van der Waals surface area (Å²) in [6.07, 6.45) is 0. The number of carboxylic acid groups (broad SMARTS) is 1. The minimum Gasteiger partial charge on any atom is -0.481 e. The molecule has 21 heavy (non-hydrogen) atoms. The molecular formula is C14H17N3O3S. The molecule has 0 saturated carbocycles. The third-order valence-electron chi connectivity index (χ3n) is 2.74. The van der Waals surface area contributed by atoms with Crippen LogP contribution in [0, 0.1) is 0 Å². The van der Waals surface area contributed by atoms with Gasteiger partial charge in [-0.15, -0.1) is 10.2 Å². The maximum absolute atomic E-state index is 10.7. The van der Waals surface area contributed by atoms with E-state index in [2.05, 4.69) is 10.2 Å². The van der Waals surface area contributed by atoms with Crippen molar-refractivity contribution in [3.05, 3.63) is 30.3 Å². The van der Waals surface area contributed by atoms with Crippen LogP contribution in [0.5, 0.6) is 0 Å². The molecule has 0 bridgehead atoms. The van der Waals surface area contributed by atoms with E-state index in [0.29, 0.717) is 24.9 Å². The Bertz CT molecular complexity index is 586. The molecule has 0 atom stereocenters. The molecule has 0 spiro atoms. The van der Waals surface area contributed by atoms with E-state index in [0.717, 1.165) is 23.1 Å². The molecule has 0 radical (unpaired) electrons. The molecule has 0 amide bonds. The Balaban J connectivity index is 2.24. The van der Waals surface area contributed by atoms with Gasteiger partial charge in [-0.1, -0.05) is 42.1 Å². The topological polar surface area (TPSA) is 77.2 Å². The predicted octanol–water partition coefficient (Wildman–Crippen LogP) is 2.16. The van der Waals surface area contributed by atoms with Crippen LogP contribution in [0.1, 0.15) is 6.92 Å². The van der Waals surface area contributed by atoms with Gasteiger partial charge in [0.1, 0.15) is 0 Å². The second-order valence-corrected chi connectivity index (χ2v) is 5.15. The van der Waals surface area contributed by atoms with Gasteiger partial charge in [-0.25, -0.2) is 0 Å². The monoisotopic (exact) mass is 307 g/mol. The number of hydrogen-bond donors (Lipinski definition) is 1. The molecule has 7 heteroatoms. The second-order valence-electron chi connectivity index (χ2n) is 4.20. The van der Waals surface area contributed by atoms with Crippen LogP contribution in [-0.2, 0) is 16.1 Å². The molecule has 0 unspecified atom stereocenters. The quantitative estimate of drug-likeness (QED) is 0.595. The van der Waals surface area contributed by atoms with Gasteiger partial charge in [0.2, 0.25) is 0 Å². The summed E-state index contributed by atoms with van der Waals surface area (Å²) in [6, 6.07) is 9.70. The van der Waals surface area contributed by atoms with E-state index in [1.807, 2.05) is 41.8 Å². The van der Waals surface area contributed by atoms with E-state index in [9.17, 15) is 4.79 Å². The molecule has 1 aromatic carbocycles. The molecule has 0 saturated heterocycles. The summed E-state index contributed by atoms with van der Waals surface area (Å²) in [5.74, 6) is -0.189. The van der Waals surface area contributed by atoms with Crippen LogP contribution >= 0.6 is 11.8 Å². The fourth-order valence-corrected chi connectivity index (χ4v) is 2.51. The normalized spacial score (nSPS) is 10.7. The Labute approximate surface area is 127 Å². The fraction of sp³-hybridized carbons (Fsp3) is 0.357. The third kappa shape index (κ3) is 4.30. The number of benzene rings is 1. The lowest BCUT2D eigenvalue weighted by Gasteiger charge is -2.09. The second kappa shape index (κ2) is 7.80. The predicted molar refractivity (Wildman–Crippen MR) is 80.3 cm³/mol. The third-order valence-corrected chi connectivity index (χ3v) is 3.69. The summed E-state index contributed by atoms with van der Waals surface area (Å²) < 4.78 is 7.28. The van der Waals surface area contributed by atoms with Crippen molar-refractivity contribution in [3.63, 3.8) is 0 Å². The maximum Gasteiger partial charge on any atom is 0.313 e. The first-order chi connectivity index (χ1) is 10.2. The standard InChI is InChI=1S/C14H17N3O3S/c1-2-20-9-8-17-13(11-6-4-3-5-7-11)15-16-14(17)21-10-12(18)19/h3-7H,2,8-10H2,1H3,(H,18,19). The number of aromatic nitrogens is 3. The summed E-state index contributed by atoms with van der Waals surface area (Å²) >= 11 is 1.16. The summed E-state index contributed by atoms with van der Waals surface area (Å²) in [4.78, 5) is 10.7. The average Bonchev–Trinajstić information content (AvgIpc) is 2.89. The number of ether oxygens (including phenoxy) is 1. The van der Waals surface area contributed by atoms with Crippen molar-refractivity contribution < 1.29 is 14.6 Å². The van der Waals surface area contributed by atoms with Crippen LogP contribution in [-0.4, -0.2) is 44.8 Å². The van der Waals surface area contributed by atoms with Crippen LogP contribution in [0.25, 0.3) is 11.4 Å². The van der Waals surface area contributed by atoms with E-state index in [4.69, 9.17) is 9.84 Å². The zero-order chi connectivity index (χ0) is 15.1. The number of hydrogen-bond acceptors (Lipinski definition) is 5.